The van der Waals surface area contributed by atoms with Crippen molar-refractivity contribution in [1.29, 1.82) is 0 Å². The highest BCUT2D eigenvalue weighted by molar-refractivity contribution is 5.81. The molecule has 156 valence electrons. The third-order valence-electron chi connectivity index (χ3n) is 4.06. The highest BCUT2D eigenvalue weighted by Gasteiger charge is 2.30. The van der Waals surface area contributed by atoms with E-state index in [4.69, 9.17) is 5.73 Å². The zero-order valence-corrected chi connectivity index (χ0v) is 16.4. The number of halogens is 3. The second-order valence-electron chi connectivity index (χ2n) is 6.41. The van der Waals surface area contributed by atoms with E-state index in [1.807, 2.05) is 13.8 Å². The summed E-state index contributed by atoms with van der Waals surface area (Å²) in [7, 11) is 0. The van der Waals surface area contributed by atoms with Crippen LogP contribution in [-0.2, 0) is 6.18 Å². The molecule has 8 heteroatoms. The number of anilines is 1. The lowest BCUT2D eigenvalue weighted by Gasteiger charge is -2.15. The van der Waals surface area contributed by atoms with Gasteiger partial charge in [0.05, 0.1) is 11.1 Å². The van der Waals surface area contributed by atoms with Gasteiger partial charge in [-0.2, -0.15) is 13.2 Å². The molecule has 0 radical (unpaired) electrons. The summed E-state index contributed by atoms with van der Waals surface area (Å²) >= 11 is 0. The fourth-order valence-electron chi connectivity index (χ4n) is 2.79. The number of benzene rings is 1. The molecule has 0 saturated carbocycles. The normalized spacial score (nSPS) is 12.8. The number of aromatic nitrogens is 1. The number of hydrogen-bond donors (Lipinski definition) is 4. The van der Waals surface area contributed by atoms with E-state index in [0.29, 0.717) is 36.3 Å². The maximum atomic E-state index is 13.0. The molecule has 0 atom stereocenters. The van der Waals surface area contributed by atoms with Crippen molar-refractivity contribution in [3.8, 4) is 0 Å². The minimum atomic E-state index is -4.45. The maximum Gasteiger partial charge on any atom is 0.416 e. The van der Waals surface area contributed by atoms with E-state index < -0.39 is 11.7 Å². The van der Waals surface area contributed by atoms with Gasteiger partial charge in [0.25, 0.3) is 5.56 Å². The summed E-state index contributed by atoms with van der Waals surface area (Å²) in [6.45, 7) is 4.78. The molecule has 0 aliphatic heterocycles. The molecule has 0 unspecified atom stereocenters. The molecular weight excluding hydrogens is 381 g/mol. The van der Waals surface area contributed by atoms with Gasteiger partial charge in [0.2, 0.25) is 0 Å². The fraction of sp³-hybridized carbons (Fsp3) is 0.286. The van der Waals surface area contributed by atoms with Crippen molar-refractivity contribution in [2.24, 2.45) is 5.73 Å². The van der Waals surface area contributed by atoms with Crippen LogP contribution in [0.4, 0.5) is 18.9 Å². The largest absolute Gasteiger partial charge is 0.416 e. The van der Waals surface area contributed by atoms with E-state index in [1.54, 1.807) is 18.2 Å². The van der Waals surface area contributed by atoms with E-state index in [1.165, 1.54) is 18.3 Å². The number of hydrogen-bond acceptors (Lipinski definition) is 4. The zero-order chi connectivity index (χ0) is 21.4. The van der Waals surface area contributed by atoms with Crippen LogP contribution in [0.15, 0.2) is 53.1 Å². The van der Waals surface area contributed by atoms with Gasteiger partial charge in [0.1, 0.15) is 0 Å². The molecule has 1 aromatic heterocycles. The first-order chi connectivity index (χ1) is 13.8. The number of pyridine rings is 1. The zero-order valence-electron chi connectivity index (χ0n) is 16.4. The number of aromatic amines is 1. The minimum absolute atomic E-state index is 0.246. The summed E-state index contributed by atoms with van der Waals surface area (Å²) in [5, 5.41) is 6.11. The molecule has 5 N–H and O–H groups in total. The summed E-state index contributed by atoms with van der Waals surface area (Å²) < 4.78 is 39.1. The van der Waals surface area contributed by atoms with Crippen LogP contribution in [0.1, 0.15) is 37.0 Å². The van der Waals surface area contributed by atoms with Gasteiger partial charge in [0, 0.05) is 36.4 Å². The predicted octanol–water partition coefficient (Wildman–Crippen LogP) is 4.17. The lowest BCUT2D eigenvalue weighted by atomic mass is 10.0. The van der Waals surface area contributed by atoms with Gasteiger partial charge in [-0.05, 0) is 49.2 Å². The molecule has 1 aromatic carbocycles. The topological polar surface area (TPSA) is 82.9 Å². The van der Waals surface area contributed by atoms with Crippen LogP contribution in [-0.4, -0.2) is 18.1 Å². The number of rotatable bonds is 8. The average Bonchev–Trinajstić information content (AvgIpc) is 2.66. The first-order valence-electron chi connectivity index (χ1n) is 9.25. The van der Waals surface area contributed by atoms with Gasteiger partial charge in [0.15, 0.2) is 0 Å². The van der Waals surface area contributed by atoms with Gasteiger partial charge >= 0.3 is 6.18 Å². The Labute approximate surface area is 167 Å². The van der Waals surface area contributed by atoms with Crippen LogP contribution in [0, 0.1) is 0 Å². The molecule has 1 heterocycles. The summed E-state index contributed by atoms with van der Waals surface area (Å²) in [6, 6.07) is 6.61. The third-order valence-corrected chi connectivity index (χ3v) is 4.06. The first kappa shape index (κ1) is 22.3. The van der Waals surface area contributed by atoms with Crippen LogP contribution in [0.5, 0.6) is 0 Å². The molecule has 0 spiro atoms. The Balaban J connectivity index is 2.47. The second-order valence-corrected chi connectivity index (χ2v) is 6.41. The molecule has 29 heavy (non-hydrogen) atoms. The van der Waals surface area contributed by atoms with Crippen LogP contribution in [0.3, 0.4) is 0 Å². The molecule has 0 aliphatic rings. The lowest BCUT2D eigenvalue weighted by molar-refractivity contribution is -0.137. The van der Waals surface area contributed by atoms with Gasteiger partial charge in [-0.1, -0.05) is 19.1 Å². The summed E-state index contributed by atoms with van der Waals surface area (Å²) in [6.07, 6.45) is 1.24. The van der Waals surface area contributed by atoms with Crippen LogP contribution >= 0.6 is 0 Å². The standard InChI is InChI=1S/C21H25F3N4O/c1-3-5-18(28-17-7-4-6-16(13-17)21(22,23)24)19-15(8-10-27-20(19)29)12-14(2)26-11-9-25/h4-8,10,12-13,26,28H,3,9,11,25H2,1-2H3,(H,27,29)/b14-12+,18-5-. The summed E-state index contributed by atoms with van der Waals surface area (Å²) in [5.74, 6) is 0. The number of nitrogens with two attached hydrogens (primary N) is 1. The molecular formula is C21H25F3N4O. The van der Waals surface area contributed by atoms with E-state index >= 15 is 0 Å². The quantitative estimate of drug-likeness (QED) is 0.530. The van der Waals surface area contributed by atoms with E-state index in [0.717, 1.165) is 17.8 Å². The second kappa shape index (κ2) is 9.97. The van der Waals surface area contributed by atoms with E-state index in [9.17, 15) is 18.0 Å². The van der Waals surface area contributed by atoms with Gasteiger partial charge < -0.3 is 21.4 Å². The van der Waals surface area contributed by atoms with E-state index in [2.05, 4.69) is 15.6 Å². The first-order valence-corrected chi connectivity index (χ1v) is 9.25. The van der Waals surface area contributed by atoms with Gasteiger partial charge in [-0.25, -0.2) is 0 Å². The Morgan fingerprint density at radius 3 is 2.69 bits per heavy atom. The highest BCUT2D eigenvalue weighted by Crippen LogP contribution is 2.31. The van der Waals surface area contributed by atoms with Crippen molar-refractivity contribution in [1.82, 2.24) is 10.3 Å². The molecule has 0 amide bonds. The number of allylic oxidation sites excluding steroid dienone is 2. The molecule has 5 nitrogen and oxygen atoms in total. The Morgan fingerprint density at radius 2 is 2.03 bits per heavy atom. The summed E-state index contributed by atoms with van der Waals surface area (Å²) in [5.41, 5.74) is 6.87. The monoisotopic (exact) mass is 406 g/mol. The van der Waals surface area contributed by atoms with Gasteiger partial charge in [-0.15, -0.1) is 0 Å². The molecule has 2 aromatic rings. The molecule has 0 saturated heterocycles. The number of H-pyrrole nitrogens is 1. The van der Waals surface area contributed by atoms with Crippen molar-refractivity contribution in [3.63, 3.8) is 0 Å². The fourth-order valence-corrected chi connectivity index (χ4v) is 2.79. The minimum Gasteiger partial charge on any atom is -0.387 e. The Kier molecular flexibility index (Phi) is 7.67. The summed E-state index contributed by atoms with van der Waals surface area (Å²) in [4.78, 5) is 15.2. The molecule has 2 rings (SSSR count). The highest BCUT2D eigenvalue weighted by atomic mass is 19.4. The van der Waals surface area contributed by atoms with Crippen molar-refractivity contribution in [2.75, 3.05) is 18.4 Å². The number of nitrogens with one attached hydrogen (secondary N) is 3. The van der Waals surface area contributed by atoms with Crippen LogP contribution in [0.2, 0.25) is 0 Å². The molecule has 0 aliphatic carbocycles. The Hall–Kier alpha value is -3.00. The van der Waals surface area contributed by atoms with Crippen molar-refractivity contribution in [2.45, 2.75) is 26.4 Å². The van der Waals surface area contributed by atoms with E-state index in [-0.39, 0.29) is 11.2 Å². The third kappa shape index (κ3) is 6.25. The predicted molar refractivity (Wildman–Crippen MR) is 111 cm³/mol. The maximum absolute atomic E-state index is 13.0. The van der Waals surface area contributed by atoms with Crippen molar-refractivity contribution >= 4 is 17.5 Å². The lowest BCUT2D eigenvalue weighted by Crippen LogP contribution is -2.21. The molecule has 0 fully saturated rings. The van der Waals surface area contributed by atoms with Crippen LogP contribution in [0.25, 0.3) is 11.8 Å². The number of alkyl halides is 3. The van der Waals surface area contributed by atoms with Crippen molar-refractivity contribution < 1.29 is 13.2 Å². The Morgan fingerprint density at radius 1 is 1.28 bits per heavy atom. The van der Waals surface area contributed by atoms with Gasteiger partial charge in [-0.3, -0.25) is 4.79 Å². The molecule has 0 bridgehead atoms. The Bertz CT molecular complexity index is 945. The van der Waals surface area contributed by atoms with Crippen LogP contribution < -0.4 is 21.9 Å². The average molecular weight is 406 g/mol. The van der Waals surface area contributed by atoms with Crippen molar-refractivity contribution in [3.05, 3.63) is 75.3 Å². The smallest absolute Gasteiger partial charge is 0.387 e. The SMILES string of the molecule is CC/C=C(\Nc1cccc(C(F)(F)F)c1)c1c(/C=C(\C)NCCN)cc[nH]c1=O.